The van der Waals surface area contributed by atoms with Crippen molar-refractivity contribution in [2.75, 3.05) is 23.7 Å². The van der Waals surface area contributed by atoms with E-state index in [9.17, 15) is 8.78 Å². The third kappa shape index (κ3) is 4.28. The Morgan fingerprint density at radius 1 is 1.14 bits per heavy atom. The lowest BCUT2D eigenvalue weighted by Crippen LogP contribution is -2.40. The number of pyridine rings is 1. The van der Waals surface area contributed by atoms with Gasteiger partial charge in [0.2, 0.25) is 0 Å². The number of anilines is 2. The van der Waals surface area contributed by atoms with Gasteiger partial charge in [-0.3, -0.25) is 0 Å². The van der Waals surface area contributed by atoms with E-state index in [0.29, 0.717) is 52.2 Å². The van der Waals surface area contributed by atoms with E-state index in [2.05, 4.69) is 25.0 Å². The second kappa shape index (κ2) is 8.95. The number of oxime groups is 1. The van der Waals surface area contributed by atoms with Crippen LogP contribution in [-0.2, 0) is 0 Å². The van der Waals surface area contributed by atoms with Gasteiger partial charge in [-0.05, 0) is 55.2 Å². The van der Waals surface area contributed by atoms with Gasteiger partial charge in [-0.2, -0.15) is 0 Å². The van der Waals surface area contributed by atoms with Crippen molar-refractivity contribution < 1.29 is 14.0 Å². The molecule has 0 amide bonds. The number of fused-ring (bicyclic) bond motifs is 1. The third-order valence-corrected chi connectivity index (χ3v) is 6.30. The first-order chi connectivity index (χ1) is 16.8. The summed E-state index contributed by atoms with van der Waals surface area (Å²) in [5.74, 6) is -0.258. The Balaban J connectivity index is 1.78. The normalized spacial score (nSPS) is 14.9. The van der Waals surface area contributed by atoms with Gasteiger partial charge in [0.15, 0.2) is 0 Å². The van der Waals surface area contributed by atoms with Gasteiger partial charge in [0.1, 0.15) is 23.3 Å². The molecule has 0 unspecified atom stereocenters. The van der Waals surface area contributed by atoms with Crippen LogP contribution >= 0.6 is 0 Å². The SMILES string of the molecule is Cc1cc(F)cc(-c2cnc(N)c(-c3nc4c(/C=N\O)cc(F)cc4[nH]3)c2N2CCC(N)CC2)c1. The number of H-pyrrole nitrogens is 1. The maximum Gasteiger partial charge on any atom is 0.144 e. The highest BCUT2D eigenvalue weighted by Crippen LogP contribution is 2.43. The summed E-state index contributed by atoms with van der Waals surface area (Å²) >= 11 is 0. The number of halogens is 2. The van der Waals surface area contributed by atoms with Crippen LogP contribution in [-0.4, -0.2) is 45.5 Å². The Bertz CT molecular complexity index is 1420. The molecule has 2 aromatic carbocycles. The lowest BCUT2D eigenvalue weighted by atomic mass is 9.97. The second-order valence-corrected chi connectivity index (χ2v) is 8.84. The molecule has 8 nitrogen and oxygen atoms in total. The Morgan fingerprint density at radius 3 is 2.60 bits per heavy atom. The van der Waals surface area contributed by atoms with Crippen molar-refractivity contribution in [3.63, 3.8) is 0 Å². The van der Waals surface area contributed by atoms with Crippen LogP contribution in [0.5, 0.6) is 0 Å². The number of nitrogen functional groups attached to an aromatic ring is 1. The zero-order valence-corrected chi connectivity index (χ0v) is 19.1. The number of aryl methyl sites for hydroxylation is 1. The number of aromatic amines is 1. The average Bonchev–Trinajstić information content (AvgIpc) is 3.22. The van der Waals surface area contributed by atoms with E-state index in [0.717, 1.165) is 30.3 Å². The quantitative estimate of drug-likeness (QED) is 0.198. The Kier molecular flexibility index (Phi) is 5.81. The van der Waals surface area contributed by atoms with Crippen LogP contribution in [0.15, 0.2) is 41.7 Å². The molecule has 0 aliphatic carbocycles. The van der Waals surface area contributed by atoms with Gasteiger partial charge in [-0.15, -0.1) is 0 Å². The predicted molar refractivity (Wildman–Crippen MR) is 133 cm³/mol. The number of nitrogens with two attached hydrogens (primary N) is 2. The van der Waals surface area contributed by atoms with Crippen LogP contribution in [0.2, 0.25) is 0 Å². The fraction of sp³-hybridized carbons (Fsp3) is 0.240. The summed E-state index contributed by atoms with van der Waals surface area (Å²) in [6.45, 7) is 3.18. The van der Waals surface area contributed by atoms with Crippen molar-refractivity contribution in [2.45, 2.75) is 25.8 Å². The number of imidazole rings is 1. The fourth-order valence-electron chi connectivity index (χ4n) is 4.69. The monoisotopic (exact) mass is 477 g/mol. The minimum atomic E-state index is -0.511. The summed E-state index contributed by atoms with van der Waals surface area (Å²) in [7, 11) is 0. The first-order valence-electron chi connectivity index (χ1n) is 11.3. The molecular formula is C25H25F2N7O. The molecule has 0 spiro atoms. The van der Waals surface area contributed by atoms with Crippen molar-refractivity contribution in [1.82, 2.24) is 15.0 Å². The molecule has 35 heavy (non-hydrogen) atoms. The fourth-order valence-corrected chi connectivity index (χ4v) is 4.69. The zero-order valence-electron chi connectivity index (χ0n) is 19.1. The standard InChI is InChI=1S/C25H25F2N7O/c1-13-6-14(8-16(26)7-13)19-12-30-24(29)21(23(19)34-4-2-18(28)3-5-34)25-32-20-10-17(27)9-15(11-31-35)22(20)33-25/h6-12,18,35H,2-5,28H2,1H3,(H2,29,30)(H,32,33)/b31-11-. The van der Waals surface area contributed by atoms with Crippen molar-refractivity contribution in [3.8, 4) is 22.5 Å². The van der Waals surface area contributed by atoms with E-state index in [-0.39, 0.29) is 17.7 Å². The molecule has 180 valence electrons. The Morgan fingerprint density at radius 2 is 1.89 bits per heavy atom. The van der Waals surface area contributed by atoms with Crippen LogP contribution in [0.3, 0.4) is 0 Å². The Labute approximate surface area is 200 Å². The second-order valence-electron chi connectivity index (χ2n) is 8.84. The van der Waals surface area contributed by atoms with Crippen LogP contribution in [0.1, 0.15) is 24.0 Å². The van der Waals surface area contributed by atoms with E-state index in [1.807, 2.05) is 13.0 Å². The van der Waals surface area contributed by atoms with Crippen LogP contribution in [0, 0.1) is 18.6 Å². The van der Waals surface area contributed by atoms with Crippen molar-refractivity contribution in [1.29, 1.82) is 0 Å². The van der Waals surface area contributed by atoms with E-state index >= 15 is 0 Å². The summed E-state index contributed by atoms with van der Waals surface area (Å²) < 4.78 is 28.6. The van der Waals surface area contributed by atoms with Gasteiger partial charge in [-0.1, -0.05) is 11.2 Å². The third-order valence-electron chi connectivity index (χ3n) is 6.30. The number of aromatic nitrogens is 3. The van der Waals surface area contributed by atoms with Gasteiger partial charge in [0.25, 0.3) is 0 Å². The van der Waals surface area contributed by atoms with E-state index < -0.39 is 5.82 Å². The highest BCUT2D eigenvalue weighted by Gasteiger charge is 2.27. The average molecular weight is 478 g/mol. The molecule has 0 radical (unpaired) electrons. The largest absolute Gasteiger partial charge is 0.411 e. The molecular weight excluding hydrogens is 452 g/mol. The smallest absolute Gasteiger partial charge is 0.144 e. The summed E-state index contributed by atoms with van der Waals surface area (Å²) in [6.07, 6.45) is 4.33. The summed E-state index contributed by atoms with van der Waals surface area (Å²) in [6, 6.07) is 7.46. The van der Waals surface area contributed by atoms with Gasteiger partial charge >= 0.3 is 0 Å². The minimum Gasteiger partial charge on any atom is -0.411 e. The van der Waals surface area contributed by atoms with Crippen molar-refractivity contribution in [2.24, 2.45) is 10.9 Å². The number of rotatable bonds is 4. The minimum absolute atomic E-state index is 0.100. The number of hydrogen-bond donors (Lipinski definition) is 4. The van der Waals surface area contributed by atoms with Crippen LogP contribution in [0.25, 0.3) is 33.5 Å². The van der Waals surface area contributed by atoms with Gasteiger partial charge < -0.3 is 26.6 Å². The molecule has 0 atom stereocenters. The molecule has 4 aromatic rings. The molecule has 6 N–H and O–H groups in total. The van der Waals surface area contributed by atoms with Crippen LogP contribution < -0.4 is 16.4 Å². The molecule has 1 saturated heterocycles. The Hall–Kier alpha value is -4.05. The van der Waals surface area contributed by atoms with E-state index in [1.54, 1.807) is 6.20 Å². The summed E-state index contributed by atoms with van der Waals surface area (Å²) in [5, 5.41) is 12.0. The molecule has 0 bridgehead atoms. The number of nitrogens with zero attached hydrogens (tertiary/aromatic N) is 4. The summed E-state index contributed by atoms with van der Waals surface area (Å²) in [5.41, 5.74) is 17.1. The van der Waals surface area contributed by atoms with Crippen molar-refractivity contribution in [3.05, 3.63) is 59.3 Å². The topological polar surface area (TPSA) is 129 Å². The predicted octanol–water partition coefficient (Wildman–Crippen LogP) is 4.20. The lowest BCUT2D eigenvalue weighted by molar-refractivity contribution is 0.322. The molecule has 10 heteroatoms. The number of piperidine rings is 1. The highest BCUT2D eigenvalue weighted by molar-refractivity contribution is 6.00. The molecule has 1 aliphatic rings. The van der Waals surface area contributed by atoms with Crippen molar-refractivity contribution >= 4 is 28.8 Å². The first kappa shape index (κ1) is 22.7. The first-order valence-corrected chi connectivity index (χ1v) is 11.3. The number of nitrogens with one attached hydrogen (secondary N) is 1. The van der Waals surface area contributed by atoms with Crippen LogP contribution in [0.4, 0.5) is 20.3 Å². The molecule has 1 fully saturated rings. The van der Waals surface area contributed by atoms with Gasteiger partial charge in [0.05, 0.1) is 28.5 Å². The van der Waals surface area contributed by atoms with Gasteiger partial charge in [0, 0.05) is 36.5 Å². The molecule has 3 heterocycles. The maximum atomic E-state index is 14.4. The maximum absolute atomic E-state index is 14.4. The van der Waals surface area contributed by atoms with Gasteiger partial charge in [-0.25, -0.2) is 18.7 Å². The lowest BCUT2D eigenvalue weighted by Gasteiger charge is -2.34. The molecule has 1 aliphatic heterocycles. The number of hydrogen-bond acceptors (Lipinski definition) is 7. The molecule has 5 rings (SSSR count). The molecule has 2 aromatic heterocycles. The highest BCUT2D eigenvalue weighted by atomic mass is 19.1. The summed E-state index contributed by atoms with van der Waals surface area (Å²) in [4.78, 5) is 14.4. The molecule has 0 saturated carbocycles. The van der Waals surface area contributed by atoms with E-state index in [4.69, 9.17) is 16.7 Å². The number of benzene rings is 2. The van der Waals surface area contributed by atoms with E-state index in [1.165, 1.54) is 24.3 Å². The zero-order chi connectivity index (χ0) is 24.7.